The van der Waals surface area contributed by atoms with Crippen LogP contribution in [0, 0.1) is 0 Å². The smallest absolute Gasteiger partial charge is 0.236 e. The van der Waals surface area contributed by atoms with E-state index < -0.39 is 0 Å². The Balaban J connectivity index is 1.80. The van der Waals surface area contributed by atoms with Crippen LogP contribution in [0.2, 0.25) is 0 Å². The number of piperazine rings is 1. The van der Waals surface area contributed by atoms with Crippen molar-refractivity contribution in [2.75, 3.05) is 44.2 Å². The van der Waals surface area contributed by atoms with Crippen molar-refractivity contribution in [3.63, 3.8) is 0 Å². The summed E-state index contributed by atoms with van der Waals surface area (Å²) in [4.78, 5) is 16.1. The Morgan fingerprint density at radius 2 is 1.85 bits per heavy atom. The number of carbonyl (C=O) groups is 1. The van der Waals surface area contributed by atoms with E-state index in [0.717, 1.165) is 44.8 Å². The van der Waals surface area contributed by atoms with E-state index >= 15 is 0 Å². The Kier molecular flexibility index (Phi) is 5.24. The molecule has 1 saturated heterocycles. The molecule has 0 aliphatic carbocycles. The molecule has 0 bridgehead atoms. The number of benzene rings is 1. The summed E-state index contributed by atoms with van der Waals surface area (Å²) in [6.07, 6.45) is 1.04. The number of nitrogens with one attached hydrogen (secondary N) is 1. The van der Waals surface area contributed by atoms with E-state index in [0.29, 0.717) is 6.54 Å². The SMILES string of the molecule is CCCNCC(=O)N1CCN(c2ccc(O)cc2)CC1. The number of nitrogens with zero attached hydrogens (tertiary/aromatic N) is 2. The molecule has 0 radical (unpaired) electrons. The van der Waals surface area contributed by atoms with Gasteiger partial charge in [0, 0.05) is 31.9 Å². The number of rotatable bonds is 5. The molecule has 1 aliphatic rings. The van der Waals surface area contributed by atoms with Gasteiger partial charge in [-0.3, -0.25) is 4.79 Å². The molecule has 0 aromatic heterocycles. The second-order valence-corrected chi connectivity index (χ2v) is 5.06. The van der Waals surface area contributed by atoms with E-state index in [2.05, 4.69) is 17.1 Å². The van der Waals surface area contributed by atoms with Gasteiger partial charge < -0.3 is 20.2 Å². The van der Waals surface area contributed by atoms with E-state index in [1.165, 1.54) is 0 Å². The number of hydrogen-bond donors (Lipinski definition) is 2. The van der Waals surface area contributed by atoms with Crippen LogP contribution in [0.1, 0.15) is 13.3 Å². The number of phenolic OH excluding ortho intramolecular Hbond substituents is 1. The molecular weight excluding hydrogens is 254 g/mol. The molecule has 5 nitrogen and oxygen atoms in total. The Labute approximate surface area is 120 Å². The fourth-order valence-electron chi connectivity index (χ4n) is 2.36. The highest BCUT2D eigenvalue weighted by atomic mass is 16.3. The van der Waals surface area contributed by atoms with E-state index in [-0.39, 0.29) is 11.7 Å². The largest absolute Gasteiger partial charge is 0.508 e. The first-order valence-electron chi connectivity index (χ1n) is 7.23. The lowest BCUT2D eigenvalue weighted by Crippen LogP contribution is -2.50. The highest BCUT2D eigenvalue weighted by molar-refractivity contribution is 5.78. The fourth-order valence-corrected chi connectivity index (χ4v) is 2.36. The van der Waals surface area contributed by atoms with Crippen molar-refractivity contribution in [1.82, 2.24) is 10.2 Å². The van der Waals surface area contributed by atoms with Gasteiger partial charge in [-0.05, 0) is 37.2 Å². The van der Waals surface area contributed by atoms with E-state index in [1.807, 2.05) is 17.0 Å². The second-order valence-electron chi connectivity index (χ2n) is 5.06. The van der Waals surface area contributed by atoms with Crippen LogP contribution in [-0.2, 0) is 4.79 Å². The van der Waals surface area contributed by atoms with Crippen LogP contribution in [0.3, 0.4) is 0 Å². The molecule has 110 valence electrons. The van der Waals surface area contributed by atoms with Crippen molar-refractivity contribution in [2.24, 2.45) is 0 Å². The van der Waals surface area contributed by atoms with E-state index in [9.17, 15) is 9.90 Å². The highest BCUT2D eigenvalue weighted by Gasteiger charge is 2.20. The van der Waals surface area contributed by atoms with Gasteiger partial charge in [0.2, 0.25) is 5.91 Å². The van der Waals surface area contributed by atoms with Crippen molar-refractivity contribution >= 4 is 11.6 Å². The number of carbonyl (C=O) groups excluding carboxylic acids is 1. The van der Waals surface area contributed by atoms with Gasteiger partial charge in [-0.2, -0.15) is 0 Å². The van der Waals surface area contributed by atoms with Gasteiger partial charge in [0.05, 0.1) is 6.54 Å². The Bertz CT molecular complexity index is 425. The van der Waals surface area contributed by atoms with Crippen LogP contribution in [0.25, 0.3) is 0 Å². The van der Waals surface area contributed by atoms with Gasteiger partial charge >= 0.3 is 0 Å². The fraction of sp³-hybridized carbons (Fsp3) is 0.533. The molecule has 2 N–H and O–H groups in total. The molecule has 1 aromatic carbocycles. The van der Waals surface area contributed by atoms with Crippen molar-refractivity contribution < 1.29 is 9.90 Å². The van der Waals surface area contributed by atoms with Crippen molar-refractivity contribution in [1.29, 1.82) is 0 Å². The van der Waals surface area contributed by atoms with Gasteiger partial charge in [0.15, 0.2) is 0 Å². The molecule has 0 saturated carbocycles. The standard InChI is InChI=1S/C15H23N3O2/c1-2-7-16-12-15(20)18-10-8-17(9-11-18)13-3-5-14(19)6-4-13/h3-6,16,19H,2,7-12H2,1H3. The number of aromatic hydroxyl groups is 1. The van der Waals surface area contributed by atoms with Gasteiger partial charge in [0.25, 0.3) is 0 Å². The Hall–Kier alpha value is -1.75. The number of anilines is 1. The normalized spacial score (nSPS) is 15.4. The maximum atomic E-state index is 12.0. The zero-order valence-electron chi connectivity index (χ0n) is 12.0. The lowest BCUT2D eigenvalue weighted by molar-refractivity contribution is -0.130. The Morgan fingerprint density at radius 1 is 1.20 bits per heavy atom. The maximum Gasteiger partial charge on any atom is 0.236 e. The number of hydrogen-bond acceptors (Lipinski definition) is 4. The lowest BCUT2D eigenvalue weighted by atomic mass is 10.2. The molecule has 2 rings (SSSR count). The number of phenols is 1. The highest BCUT2D eigenvalue weighted by Crippen LogP contribution is 2.19. The van der Waals surface area contributed by atoms with E-state index in [4.69, 9.17) is 0 Å². The molecular formula is C15H23N3O2. The molecule has 1 fully saturated rings. The minimum Gasteiger partial charge on any atom is -0.508 e. The number of amides is 1. The summed E-state index contributed by atoms with van der Waals surface area (Å²) in [6, 6.07) is 7.22. The van der Waals surface area contributed by atoms with Crippen molar-refractivity contribution in [2.45, 2.75) is 13.3 Å². The first-order chi connectivity index (χ1) is 9.70. The topological polar surface area (TPSA) is 55.8 Å². The summed E-state index contributed by atoms with van der Waals surface area (Å²) in [5.74, 6) is 0.466. The third-order valence-electron chi connectivity index (χ3n) is 3.55. The van der Waals surface area contributed by atoms with Crippen LogP contribution in [0.5, 0.6) is 5.75 Å². The zero-order chi connectivity index (χ0) is 14.4. The molecule has 1 heterocycles. The van der Waals surface area contributed by atoms with Crippen LogP contribution in [0.15, 0.2) is 24.3 Å². The average Bonchev–Trinajstić information content (AvgIpc) is 2.48. The summed E-state index contributed by atoms with van der Waals surface area (Å²) in [5, 5.41) is 12.4. The lowest BCUT2D eigenvalue weighted by Gasteiger charge is -2.36. The third kappa shape index (κ3) is 3.87. The first-order valence-corrected chi connectivity index (χ1v) is 7.23. The van der Waals surface area contributed by atoms with E-state index in [1.54, 1.807) is 12.1 Å². The molecule has 0 atom stereocenters. The summed E-state index contributed by atoms with van der Waals surface area (Å²) < 4.78 is 0. The van der Waals surface area contributed by atoms with Crippen LogP contribution < -0.4 is 10.2 Å². The molecule has 5 heteroatoms. The van der Waals surface area contributed by atoms with Gasteiger partial charge in [-0.25, -0.2) is 0 Å². The molecule has 1 aromatic rings. The summed E-state index contributed by atoms with van der Waals surface area (Å²) in [5.41, 5.74) is 1.10. The average molecular weight is 277 g/mol. The second kappa shape index (κ2) is 7.14. The van der Waals surface area contributed by atoms with Crippen LogP contribution in [0.4, 0.5) is 5.69 Å². The molecule has 0 unspecified atom stereocenters. The maximum absolute atomic E-state index is 12.0. The van der Waals surface area contributed by atoms with Crippen molar-refractivity contribution in [3.05, 3.63) is 24.3 Å². The molecule has 1 aliphatic heterocycles. The predicted molar refractivity (Wildman–Crippen MR) is 80.1 cm³/mol. The zero-order valence-corrected chi connectivity index (χ0v) is 12.0. The quantitative estimate of drug-likeness (QED) is 0.790. The Morgan fingerprint density at radius 3 is 2.45 bits per heavy atom. The summed E-state index contributed by atoms with van der Waals surface area (Å²) in [6.45, 7) is 6.61. The van der Waals surface area contributed by atoms with Gasteiger partial charge in [0.1, 0.15) is 5.75 Å². The van der Waals surface area contributed by atoms with Crippen LogP contribution in [-0.4, -0.2) is 55.2 Å². The molecule has 1 amide bonds. The van der Waals surface area contributed by atoms with Gasteiger partial charge in [-0.15, -0.1) is 0 Å². The summed E-state index contributed by atoms with van der Waals surface area (Å²) >= 11 is 0. The monoisotopic (exact) mass is 277 g/mol. The minimum atomic E-state index is 0.184. The minimum absolute atomic E-state index is 0.184. The van der Waals surface area contributed by atoms with Crippen molar-refractivity contribution in [3.8, 4) is 5.75 Å². The summed E-state index contributed by atoms with van der Waals surface area (Å²) in [7, 11) is 0. The third-order valence-corrected chi connectivity index (χ3v) is 3.55. The molecule has 20 heavy (non-hydrogen) atoms. The van der Waals surface area contributed by atoms with Crippen LogP contribution >= 0.6 is 0 Å². The predicted octanol–water partition coefficient (Wildman–Crippen LogP) is 1.04. The van der Waals surface area contributed by atoms with Gasteiger partial charge in [-0.1, -0.05) is 6.92 Å². The molecule has 0 spiro atoms. The first kappa shape index (κ1) is 14.7.